The highest BCUT2D eigenvalue weighted by Gasteiger charge is 2.31. The van der Waals surface area contributed by atoms with Gasteiger partial charge in [0.2, 0.25) is 5.91 Å². The first kappa shape index (κ1) is 24.3. The van der Waals surface area contributed by atoms with Gasteiger partial charge >= 0.3 is 0 Å². The van der Waals surface area contributed by atoms with Crippen molar-refractivity contribution in [3.05, 3.63) is 108 Å². The summed E-state index contributed by atoms with van der Waals surface area (Å²) < 4.78 is 17.6. The quantitative estimate of drug-likeness (QED) is 0.406. The Morgan fingerprint density at radius 2 is 1.12 bits per heavy atom. The van der Waals surface area contributed by atoms with E-state index in [1.165, 1.54) is 0 Å². The minimum atomic E-state index is -1.00. The van der Waals surface area contributed by atoms with E-state index in [2.05, 4.69) is 0 Å². The van der Waals surface area contributed by atoms with E-state index in [4.69, 9.17) is 19.9 Å². The molecule has 0 aliphatic carbocycles. The Balaban J connectivity index is 1.69. The Labute approximate surface area is 194 Å². The lowest BCUT2D eigenvalue weighted by molar-refractivity contribution is -0.152. The fourth-order valence-electron chi connectivity index (χ4n) is 3.32. The van der Waals surface area contributed by atoms with E-state index in [9.17, 15) is 9.59 Å². The highest BCUT2D eigenvalue weighted by Crippen LogP contribution is 2.16. The number of nitrogens with two attached hydrogens (primary N) is 1. The lowest BCUT2D eigenvalue weighted by atomic mass is 10.1. The molecular weight excluding hydrogens is 418 g/mol. The molecular formula is C27H29NO5. The van der Waals surface area contributed by atoms with Crippen molar-refractivity contribution in [1.29, 1.82) is 0 Å². The number of benzene rings is 3. The minimum absolute atomic E-state index is 0.142. The largest absolute Gasteiger partial charge is 0.370 e. The molecule has 3 aromatic rings. The Morgan fingerprint density at radius 1 is 0.667 bits per heavy atom. The number of carbonyl (C=O) groups excluding carboxylic acids is 2. The van der Waals surface area contributed by atoms with Crippen LogP contribution in [0, 0.1) is 0 Å². The molecule has 33 heavy (non-hydrogen) atoms. The first-order chi connectivity index (χ1) is 16.1. The smallest absolute Gasteiger partial charge is 0.220 e. The summed E-state index contributed by atoms with van der Waals surface area (Å²) in [6, 6.07) is 28.6. The molecule has 0 spiro atoms. The molecule has 0 aliphatic rings. The molecule has 6 heteroatoms. The van der Waals surface area contributed by atoms with Crippen LogP contribution in [0.4, 0.5) is 0 Å². The summed E-state index contributed by atoms with van der Waals surface area (Å²) in [7, 11) is 0. The number of carbonyl (C=O) groups is 2. The van der Waals surface area contributed by atoms with Crippen molar-refractivity contribution in [2.45, 2.75) is 38.4 Å². The minimum Gasteiger partial charge on any atom is -0.370 e. The number of amides is 1. The zero-order chi connectivity index (χ0) is 23.3. The van der Waals surface area contributed by atoms with Gasteiger partial charge in [0, 0.05) is 0 Å². The Hall–Kier alpha value is -3.32. The summed E-state index contributed by atoms with van der Waals surface area (Å²) in [6.07, 6.45) is -1.98. The summed E-state index contributed by atoms with van der Waals surface area (Å²) in [5.41, 5.74) is 8.25. The van der Waals surface area contributed by atoms with Gasteiger partial charge in [-0.15, -0.1) is 0 Å². The van der Waals surface area contributed by atoms with Crippen LogP contribution in [-0.4, -0.2) is 30.5 Å². The average molecular weight is 448 g/mol. The molecule has 0 fully saturated rings. The van der Waals surface area contributed by atoms with Gasteiger partial charge < -0.3 is 19.9 Å². The van der Waals surface area contributed by atoms with E-state index in [-0.39, 0.29) is 32.0 Å². The van der Waals surface area contributed by atoms with Crippen molar-refractivity contribution in [3.8, 4) is 0 Å². The van der Waals surface area contributed by atoms with Crippen LogP contribution >= 0.6 is 0 Å². The van der Waals surface area contributed by atoms with Crippen molar-refractivity contribution in [2.75, 3.05) is 6.61 Å². The Bertz CT molecular complexity index is 979. The molecule has 1 amide bonds. The Morgan fingerprint density at radius 3 is 1.61 bits per heavy atom. The molecule has 3 rings (SSSR count). The van der Waals surface area contributed by atoms with Crippen LogP contribution in [-0.2, 0) is 43.6 Å². The molecule has 0 saturated heterocycles. The summed E-state index contributed by atoms with van der Waals surface area (Å²) in [6.45, 7) is 0.545. The van der Waals surface area contributed by atoms with Crippen LogP contribution in [0.15, 0.2) is 91.0 Å². The number of hydrogen-bond donors (Lipinski definition) is 1. The van der Waals surface area contributed by atoms with Gasteiger partial charge in [-0.3, -0.25) is 9.59 Å². The van der Waals surface area contributed by atoms with Crippen molar-refractivity contribution in [3.63, 3.8) is 0 Å². The van der Waals surface area contributed by atoms with Crippen molar-refractivity contribution in [2.24, 2.45) is 5.73 Å². The maximum absolute atomic E-state index is 13.1. The number of primary amides is 1. The average Bonchev–Trinajstić information content (AvgIpc) is 2.84. The lowest BCUT2D eigenvalue weighted by Gasteiger charge is -2.26. The van der Waals surface area contributed by atoms with Gasteiger partial charge in [0.1, 0.15) is 18.8 Å². The molecule has 0 bridgehead atoms. The monoisotopic (exact) mass is 447 g/mol. The molecule has 0 aliphatic heterocycles. The van der Waals surface area contributed by atoms with Crippen molar-refractivity contribution < 1.29 is 23.8 Å². The normalized spacial score (nSPS) is 12.7. The zero-order valence-electron chi connectivity index (χ0n) is 18.5. The number of Topliss-reactive ketones (excluding diaryl/α,β-unsaturated/α-hetero) is 1. The third-order valence-corrected chi connectivity index (χ3v) is 4.99. The van der Waals surface area contributed by atoms with Crippen LogP contribution in [0.2, 0.25) is 0 Å². The molecule has 3 aromatic carbocycles. The molecule has 2 N–H and O–H groups in total. The topological polar surface area (TPSA) is 87.9 Å². The van der Waals surface area contributed by atoms with Crippen LogP contribution in [0.25, 0.3) is 0 Å². The van der Waals surface area contributed by atoms with E-state index in [0.717, 1.165) is 16.7 Å². The lowest BCUT2D eigenvalue weighted by Crippen LogP contribution is -2.42. The van der Waals surface area contributed by atoms with Crippen LogP contribution in [0.3, 0.4) is 0 Å². The first-order valence-corrected chi connectivity index (χ1v) is 10.9. The van der Waals surface area contributed by atoms with Crippen LogP contribution in [0.1, 0.15) is 23.1 Å². The molecule has 0 aromatic heterocycles. The van der Waals surface area contributed by atoms with Crippen molar-refractivity contribution >= 4 is 11.7 Å². The second-order valence-corrected chi connectivity index (χ2v) is 7.67. The van der Waals surface area contributed by atoms with Crippen LogP contribution < -0.4 is 5.73 Å². The third-order valence-electron chi connectivity index (χ3n) is 4.99. The van der Waals surface area contributed by atoms with E-state index in [0.29, 0.717) is 6.61 Å². The SMILES string of the molecule is NC(=O)C[C@H](OCc1ccccc1)[C@H](OCc1ccccc1)C(=O)COCc1ccccc1. The number of hydrogen-bond acceptors (Lipinski definition) is 5. The number of ether oxygens (including phenoxy) is 3. The molecule has 6 nitrogen and oxygen atoms in total. The van der Waals surface area contributed by atoms with Gasteiger partial charge in [0.05, 0.1) is 26.2 Å². The zero-order valence-corrected chi connectivity index (χ0v) is 18.5. The molecule has 0 saturated carbocycles. The maximum Gasteiger partial charge on any atom is 0.220 e. The van der Waals surface area contributed by atoms with Gasteiger partial charge in [-0.2, -0.15) is 0 Å². The highest BCUT2D eigenvalue weighted by molar-refractivity contribution is 5.86. The fourth-order valence-corrected chi connectivity index (χ4v) is 3.32. The molecule has 2 atom stereocenters. The summed E-state index contributed by atoms with van der Waals surface area (Å²) in [5.74, 6) is -0.874. The van der Waals surface area contributed by atoms with Crippen LogP contribution in [0.5, 0.6) is 0 Å². The predicted octanol–water partition coefficient (Wildman–Crippen LogP) is 3.82. The van der Waals surface area contributed by atoms with E-state index < -0.39 is 18.1 Å². The summed E-state index contributed by atoms with van der Waals surface area (Å²) in [4.78, 5) is 24.9. The maximum atomic E-state index is 13.1. The highest BCUT2D eigenvalue weighted by atomic mass is 16.5. The third kappa shape index (κ3) is 8.61. The standard InChI is InChI=1S/C27H29NO5/c28-26(30)16-25(32-18-22-12-6-2-7-13-22)27(33-19-23-14-8-3-9-15-23)24(29)20-31-17-21-10-4-1-5-11-21/h1-15,25,27H,16-20H2,(H2,28,30)/t25-,27+/m0/s1. The van der Waals surface area contributed by atoms with Gasteiger partial charge in [-0.05, 0) is 16.7 Å². The van der Waals surface area contributed by atoms with Gasteiger partial charge in [-0.1, -0.05) is 91.0 Å². The van der Waals surface area contributed by atoms with Crippen molar-refractivity contribution in [1.82, 2.24) is 0 Å². The Kier molecular flexibility index (Phi) is 9.79. The van der Waals surface area contributed by atoms with Gasteiger partial charge in [0.25, 0.3) is 0 Å². The van der Waals surface area contributed by atoms with Gasteiger partial charge in [-0.25, -0.2) is 0 Å². The van der Waals surface area contributed by atoms with E-state index >= 15 is 0 Å². The second-order valence-electron chi connectivity index (χ2n) is 7.67. The summed E-state index contributed by atoms with van der Waals surface area (Å²) in [5, 5.41) is 0. The number of rotatable bonds is 14. The second kappa shape index (κ2) is 13.3. The molecule has 172 valence electrons. The van der Waals surface area contributed by atoms with E-state index in [1.807, 2.05) is 91.0 Å². The first-order valence-electron chi connectivity index (χ1n) is 10.9. The molecule has 0 unspecified atom stereocenters. The van der Waals surface area contributed by atoms with Gasteiger partial charge in [0.15, 0.2) is 5.78 Å². The number of ketones is 1. The predicted molar refractivity (Wildman–Crippen MR) is 125 cm³/mol. The summed E-state index contributed by atoms with van der Waals surface area (Å²) >= 11 is 0. The fraction of sp³-hybridized carbons (Fsp3) is 0.259. The van der Waals surface area contributed by atoms with E-state index in [1.54, 1.807) is 0 Å². The molecule has 0 radical (unpaired) electrons. The molecule has 0 heterocycles.